The molecule has 10 nitrogen and oxygen atoms in total. The number of halogens is 2. The Balaban J connectivity index is 0.00000442. The number of methoxy groups -OCH3 is 1. The minimum absolute atomic E-state index is 0. The molecule has 0 bridgehead atoms. The molecule has 1 aliphatic rings. The largest absolute Gasteiger partial charge is 1.00 e. The number of carboxylic acid groups (broad SMARTS) is 1. The zero-order chi connectivity index (χ0) is 30.6. The van der Waals surface area contributed by atoms with Gasteiger partial charge in [-0.15, -0.1) is 0 Å². The summed E-state index contributed by atoms with van der Waals surface area (Å²) in [4.78, 5) is 40.7. The Bertz CT molecular complexity index is 1700. The molecule has 0 radical (unpaired) electrons. The molecule has 0 aliphatic heterocycles. The Morgan fingerprint density at radius 2 is 1.57 bits per heavy atom. The van der Waals surface area contributed by atoms with Gasteiger partial charge in [0.2, 0.25) is 11.8 Å². The minimum Gasteiger partial charge on any atom is -0.550 e. The van der Waals surface area contributed by atoms with E-state index in [1.807, 2.05) is 0 Å². The Morgan fingerprint density at radius 1 is 0.886 bits per heavy atom. The van der Waals surface area contributed by atoms with Gasteiger partial charge in [-0.3, -0.25) is 14.6 Å². The first kappa shape index (κ1) is 33.3. The number of ether oxygens (including phenoxy) is 3. The number of fused-ring (bicyclic) bond motifs is 1. The van der Waals surface area contributed by atoms with Crippen molar-refractivity contribution in [2.24, 2.45) is 5.41 Å². The predicted molar refractivity (Wildman–Crippen MR) is 150 cm³/mol. The van der Waals surface area contributed by atoms with Gasteiger partial charge in [0.1, 0.15) is 17.0 Å². The molecular formula is C31H26F2KN3O7. The molecule has 1 saturated carbocycles. The molecule has 0 saturated heterocycles. The summed E-state index contributed by atoms with van der Waals surface area (Å²) in [5.74, 6) is -2.64. The molecular weight excluding hydrogens is 603 g/mol. The number of aliphatic carboxylic acids is 1. The summed E-state index contributed by atoms with van der Waals surface area (Å²) in [6.07, 6.45) is 2.22. The first-order chi connectivity index (χ1) is 20.7. The van der Waals surface area contributed by atoms with E-state index >= 15 is 4.39 Å². The van der Waals surface area contributed by atoms with E-state index in [1.54, 1.807) is 18.2 Å². The van der Waals surface area contributed by atoms with E-state index in [0.29, 0.717) is 40.9 Å². The SMILES string of the molecule is COc1cc2c(Oc3ccc(NC(=O)C4(C(=O)Nc5ccc(F)cc5)CC4)cc3F)ccnc2cc1OCCCC(=O)[O-].[K+]. The molecule has 3 aromatic carbocycles. The molecule has 2 N–H and O–H groups in total. The maximum absolute atomic E-state index is 15.1. The van der Waals surface area contributed by atoms with Crippen LogP contribution in [0.15, 0.2) is 66.9 Å². The van der Waals surface area contributed by atoms with E-state index < -0.39 is 34.8 Å². The fraction of sp³-hybridized carbons (Fsp3) is 0.226. The van der Waals surface area contributed by atoms with Crippen LogP contribution in [0.4, 0.5) is 20.2 Å². The maximum Gasteiger partial charge on any atom is 1.00 e. The van der Waals surface area contributed by atoms with E-state index in [9.17, 15) is 23.9 Å². The van der Waals surface area contributed by atoms with Crippen LogP contribution in [0.5, 0.6) is 23.0 Å². The molecule has 1 aliphatic carbocycles. The molecule has 44 heavy (non-hydrogen) atoms. The topological polar surface area (TPSA) is 139 Å². The summed E-state index contributed by atoms with van der Waals surface area (Å²) in [5, 5.41) is 16.4. The summed E-state index contributed by atoms with van der Waals surface area (Å²) >= 11 is 0. The van der Waals surface area contributed by atoms with Crippen LogP contribution < -0.4 is 81.3 Å². The fourth-order valence-electron chi connectivity index (χ4n) is 4.39. The van der Waals surface area contributed by atoms with Crippen LogP contribution in [0.2, 0.25) is 0 Å². The quantitative estimate of drug-likeness (QED) is 0.137. The van der Waals surface area contributed by atoms with Gasteiger partial charge in [-0.2, -0.15) is 0 Å². The van der Waals surface area contributed by atoms with Crippen LogP contribution in [0.3, 0.4) is 0 Å². The van der Waals surface area contributed by atoms with Gasteiger partial charge >= 0.3 is 51.4 Å². The number of rotatable bonds is 12. The molecule has 0 atom stereocenters. The van der Waals surface area contributed by atoms with Crippen molar-refractivity contribution in [3.63, 3.8) is 0 Å². The smallest absolute Gasteiger partial charge is 0.550 e. The van der Waals surface area contributed by atoms with E-state index in [1.165, 1.54) is 49.7 Å². The maximum atomic E-state index is 15.1. The molecule has 5 rings (SSSR count). The van der Waals surface area contributed by atoms with Crippen molar-refractivity contribution >= 4 is 40.1 Å². The van der Waals surface area contributed by atoms with Crippen LogP contribution in [0.1, 0.15) is 25.7 Å². The monoisotopic (exact) mass is 629 g/mol. The van der Waals surface area contributed by atoms with Crippen LogP contribution in [-0.4, -0.2) is 36.5 Å². The second-order valence-electron chi connectivity index (χ2n) is 9.90. The van der Waals surface area contributed by atoms with Crippen molar-refractivity contribution in [3.05, 3.63) is 78.5 Å². The summed E-state index contributed by atoms with van der Waals surface area (Å²) in [6.45, 7) is 0.125. The number of carboxylic acids is 1. The van der Waals surface area contributed by atoms with Crippen LogP contribution in [0.25, 0.3) is 10.9 Å². The number of pyridine rings is 1. The molecule has 1 heterocycles. The molecule has 13 heteroatoms. The fourth-order valence-corrected chi connectivity index (χ4v) is 4.39. The number of nitrogens with one attached hydrogen (secondary N) is 2. The van der Waals surface area contributed by atoms with Crippen molar-refractivity contribution in [1.29, 1.82) is 0 Å². The number of hydrogen-bond donors (Lipinski definition) is 2. The van der Waals surface area contributed by atoms with Crippen LogP contribution >= 0.6 is 0 Å². The Kier molecular flexibility index (Phi) is 10.9. The number of anilines is 2. The predicted octanol–water partition coefficient (Wildman–Crippen LogP) is 1.58. The van der Waals surface area contributed by atoms with Gasteiger partial charge in [0.15, 0.2) is 23.1 Å². The first-order valence-electron chi connectivity index (χ1n) is 13.3. The zero-order valence-corrected chi connectivity index (χ0v) is 27.1. The number of amides is 2. The summed E-state index contributed by atoms with van der Waals surface area (Å²) in [5.41, 5.74) is -0.342. The molecule has 0 spiro atoms. The summed E-state index contributed by atoms with van der Waals surface area (Å²) in [7, 11) is 1.44. The summed E-state index contributed by atoms with van der Waals surface area (Å²) in [6, 6.07) is 13.8. The third-order valence-corrected chi connectivity index (χ3v) is 6.90. The van der Waals surface area contributed by atoms with Gasteiger partial charge in [-0.1, -0.05) is 0 Å². The number of hydrogen-bond acceptors (Lipinski definition) is 8. The van der Waals surface area contributed by atoms with E-state index in [0.717, 1.165) is 6.07 Å². The Labute approximate surface area is 293 Å². The third kappa shape index (κ3) is 7.71. The molecule has 2 amide bonds. The summed E-state index contributed by atoms with van der Waals surface area (Å²) < 4.78 is 45.2. The van der Waals surface area contributed by atoms with Crippen molar-refractivity contribution in [1.82, 2.24) is 4.98 Å². The number of aromatic nitrogens is 1. The second kappa shape index (κ2) is 14.4. The Morgan fingerprint density at radius 3 is 2.20 bits per heavy atom. The minimum atomic E-state index is -1.30. The molecule has 1 fully saturated rings. The molecule has 222 valence electrons. The van der Waals surface area contributed by atoms with Gasteiger partial charge in [0.05, 0.1) is 19.2 Å². The number of benzene rings is 3. The number of carbonyl (C=O) groups excluding carboxylic acids is 3. The zero-order valence-electron chi connectivity index (χ0n) is 23.9. The first-order valence-corrected chi connectivity index (χ1v) is 13.3. The average molecular weight is 630 g/mol. The second-order valence-corrected chi connectivity index (χ2v) is 9.90. The standard InChI is InChI=1S/C31H27F2N3O7.K/c1-41-26-16-21-23(17-27(26)42-14-2-3-28(37)38)34-13-10-24(21)43-25-9-8-20(15-22(25)33)36-30(40)31(11-12-31)29(39)35-19-6-4-18(32)5-7-19;/h4-10,13,15-17H,2-3,11-12,14H2,1H3,(H,35,39)(H,36,40)(H,37,38);/q;+1/p-1. The van der Waals surface area contributed by atoms with E-state index in [4.69, 9.17) is 14.2 Å². The van der Waals surface area contributed by atoms with Crippen molar-refractivity contribution in [2.75, 3.05) is 24.4 Å². The van der Waals surface area contributed by atoms with Gasteiger partial charge < -0.3 is 34.7 Å². The third-order valence-electron chi connectivity index (χ3n) is 6.90. The Hall–Kier alpha value is -3.62. The van der Waals surface area contributed by atoms with Gasteiger partial charge in [-0.05, 0) is 74.2 Å². The van der Waals surface area contributed by atoms with Crippen molar-refractivity contribution < 1.29 is 93.9 Å². The van der Waals surface area contributed by atoms with Gasteiger partial charge in [-0.25, -0.2) is 8.78 Å². The van der Waals surface area contributed by atoms with Crippen molar-refractivity contribution in [2.45, 2.75) is 25.7 Å². The number of carbonyl (C=O) groups is 3. The van der Waals surface area contributed by atoms with Gasteiger partial charge in [0.25, 0.3) is 0 Å². The molecule has 4 aromatic rings. The van der Waals surface area contributed by atoms with Crippen LogP contribution in [0, 0.1) is 17.0 Å². The average Bonchev–Trinajstić information content (AvgIpc) is 3.80. The molecule has 0 unspecified atom stereocenters. The van der Waals surface area contributed by atoms with E-state index in [-0.39, 0.29) is 88.0 Å². The van der Waals surface area contributed by atoms with Gasteiger partial charge in [0, 0.05) is 41.1 Å². The van der Waals surface area contributed by atoms with E-state index in [2.05, 4.69) is 15.6 Å². The normalized spacial score (nSPS) is 12.9. The van der Waals surface area contributed by atoms with Crippen molar-refractivity contribution in [3.8, 4) is 23.0 Å². The molecule has 1 aromatic heterocycles. The number of nitrogens with zero attached hydrogens (tertiary/aromatic N) is 1. The van der Waals surface area contributed by atoms with Crippen LogP contribution in [-0.2, 0) is 14.4 Å².